The summed E-state index contributed by atoms with van der Waals surface area (Å²) in [5.41, 5.74) is 1.71. The van der Waals surface area contributed by atoms with Gasteiger partial charge in [-0.1, -0.05) is 20.4 Å². The molecule has 1 saturated heterocycles. The van der Waals surface area contributed by atoms with E-state index in [1.54, 1.807) is 0 Å². The minimum Gasteiger partial charge on any atom is -0.383 e. The molecule has 58 valence electrons. The van der Waals surface area contributed by atoms with Crippen molar-refractivity contribution in [2.75, 3.05) is 0 Å². The first-order valence-corrected chi connectivity index (χ1v) is 3.81. The van der Waals surface area contributed by atoms with E-state index in [4.69, 9.17) is 0 Å². The molecule has 1 nitrogen and oxygen atoms in total. The zero-order chi connectivity index (χ0) is 7.99. The normalized spacial score (nSPS) is 28.2. The number of hydrogen-bond acceptors (Lipinski definition) is 1. The Bertz CT molecular complexity index is 166. The van der Waals surface area contributed by atoms with Gasteiger partial charge >= 0.3 is 0 Å². The lowest BCUT2D eigenvalue weighted by molar-refractivity contribution is 0.381. The van der Waals surface area contributed by atoms with Crippen LogP contribution >= 0.6 is 0 Å². The fourth-order valence-electron chi connectivity index (χ4n) is 1.83. The Balaban J connectivity index is 2.81. The molecule has 0 radical (unpaired) electrons. The molecule has 1 aliphatic heterocycles. The summed E-state index contributed by atoms with van der Waals surface area (Å²) in [5.74, 6) is 0. The van der Waals surface area contributed by atoms with Crippen molar-refractivity contribution >= 4 is 0 Å². The molecule has 1 aliphatic rings. The smallest absolute Gasteiger partial charge is 0.0323 e. The Morgan fingerprint density at radius 2 is 1.80 bits per heavy atom. The van der Waals surface area contributed by atoms with Gasteiger partial charge in [0.1, 0.15) is 0 Å². The molecule has 0 atom stereocenters. The van der Waals surface area contributed by atoms with Gasteiger partial charge in [-0.2, -0.15) is 0 Å². The van der Waals surface area contributed by atoms with E-state index in [9.17, 15) is 0 Å². The quantitative estimate of drug-likeness (QED) is 0.543. The SMILES string of the molecule is C=C1NC(C)(C)CC1(C)C. The van der Waals surface area contributed by atoms with Gasteiger partial charge in [-0.25, -0.2) is 0 Å². The zero-order valence-corrected chi connectivity index (χ0v) is 7.41. The minimum absolute atomic E-state index is 0.251. The van der Waals surface area contributed by atoms with Crippen molar-refractivity contribution in [3.8, 4) is 0 Å². The van der Waals surface area contributed by atoms with Gasteiger partial charge in [-0.15, -0.1) is 0 Å². The molecule has 0 saturated carbocycles. The largest absolute Gasteiger partial charge is 0.383 e. The highest BCUT2D eigenvalue weighted by molar-refractivity contribution is 5.16. The highest BCUT2D eigenvalue weighted by Crippen LogP contribution is 2.40. The summed E-state index contributed by atoms with van der Waals surface area (Å²) >= 11 is 0. The predicted molar refractivity (Wildman–Crippen MR) is 44.8 cm³/mol. The van der Waals surface area contributed by atoms with Crippen LogP contribution in [-0.2, 0) is 0 Å². The van der Waals surface area contributed by atoms with Crippen LogP contribution in [0.25, 0.3) is 0 Å². The maximum absolute atomic E-state index is 3.99. The lowest BCUT2D eigenvalue weighted by Crippen LogP contribution is -2.30. The van der Waals surface area contributed by atoms with Crippen LogP contribution in [0.2, 0.25) is 0 Å². The summed E-state index contributed by atoms with van der Waals surface area (Å²) in [6.07, 6.45) is 1.18. The first kappa shape index (κ1) is 7.64. The van der Waals surface area contributed by atoms with Crippen LogP contribution in [0.3, 0.4) is 0 Å². The van der Waals surface area contributed by atoms with Gasteiger partial charge in [0.05, 0.1) is 0 Å². The van der Waals surface area contributed by atoms with Gasteiger partial charge < -0.3 is 5.32 Å². The molecular formula is C9H17N. The lowest BCUT2D eigenvalue weighted by Gasteiger charge is -2.19. The third-order valence-electron chi connectivity index (χ3n) is 2.19. The average Bonchev–Trinajstić information content (AvgIpc) is 1.73. The highest BCUT2D eigenvalue weighted by Gasteiger charge is 2.38. The zero-order valence-electron chi connectivity index (χ0n) is 7.41. The maximum atomic E-state index is 3.99. The van der Waals surface area contributed by atoms with Crippen LogP contribution < -0.4 is 5.32 Å². The van der Waals surface area contributed by atoms with Gasteiger partial charge in [-0.3, -0.25) is 0 Å². The third kappa shape index (κ3) is 1.18. The van der Waals surface area contributed by atoms with E-state index < -0.39 is 0 Å². The van der Waals surface area contributed by atoms with Crippen molar-refractivity contribution in [2.45, 2.75) is 39.7 Å². The first-order valence-electron chi connectivity index (χ1n) is 3.81. The van der Waals surface area contributed by atoms with Crippen molar-refractivity contribution in [1.82, 2.24) is 5.32 Å². The number of hydrogen-bond donors (Lipinski definition) is 1. The summed E-state index contributed by atoms with van der Waals surface area (Å²) in [5, 5.41) is 3.39. The number of allylic oxidation sites excluding steroid dienone is 1. The second kappa shape index (κ2) is 1.77. The molecule has 1 heterocycles. The summed E-state index contributed by atoms with van der Waals surface area (Å²) < 4.78 is 0. The van der Waals surface area contributed by atoms with Crippen molar-refractivity contribution in [3.05, 3.63) is 12.3 Å². The average molecular weight is 139 g/mol. The van der Waals surface area contributed by atoms with Crippen molar-refractivity contribution in [1.29, 1.82) is 0 Å². The molecule has 0 aromatic heterocycles. The third-order valence-corrected chi connectivity index (χ3v) is 2.19. The molecule has 0 bridgehead atoms. The molecule has 0 aromatic rings. The van der Waals surface area contributed by atoms with Crippen LogP contribution in [0.1, 0.15) is 34.1 Å². The molecule has 1 rings (SSSR count). The predicted octanol–water partition coefficient (Wildman–Crippen LogP) is 2.30. The Morgan fingerprint density at radius 1 is 1.30 bits per heavy atom. The van der Waals surface area contributed by atoms with Crippen LogP contribution in [0.4, 0.5) is 0 Å². The maximum Gasteiger partial charge on any atom is 0.0323 e. The highest BCUT2D eigenvalue weighted by atomic mass is 15.0. The Hall–Kier alpha value is -0.460. The molecule has 1 N–H and O–H groups in total. The van der Waals surface area contributed by atoms with Crippen molar-refractivity contribution < 1.29 is 0 Å². The lowest BCUT2D eigenvalue weighted by atomic mass is 9.84. The fourth-order valence-corrected chi connectivity index (χ4v) is 1.83. The summed E-state index contributed by atoms with van der Waals surface area (Å²) in [6, 6.07) is 0. The van der Waals surface area contributed by atoms with Crippen molar-refractivity contribution in [3.63, 3.8) is 0 Å². The number of rotatable bonds is 0. The van der Waals surface area contributed by atoms with E-state index in [1.165, 1.54) is 12.1 Å². The monoisotopic (exact) mass is 139 g/mol. The van der Waals surface area contributed by atoms with Crippen molar-refractivity contribution in [2.24, 2.45) is 5.41 Å². The van der Waals surface area contributed by atoms with Crippen LogP contribution in [-0.4, -0.2) is 5.54 Å². The molecule has 0 aromatic carbocycles. The van der Waals surface area contributed by atoms with Gasteiger partial charge in [0.2, 0.25) is 0 Å². The number of nitrogens with one attached hydrogen (secondary N) is 1. The molecule has 0 aliphatic carbocycles. The molecule has 0 unspecified atom stereocenters. The van der Waals surface area contributed by atoms with E-state index in [2.05, 4.69) is 39.6 Å². The molecule has 10 heavy (non-hydrogen) atoms. The molecule has 1 fully saturated rings. The fraction of sp³-hybridized carbons (Fsp3) is 0.778. The molecule has 1 heteroatoms. The van der Waals surface area contributed by atoms with Gasteiger partial charge in [0, 0.05) is 16.7 Å². The van der Waals surface area contributed by atoms with Crippen LogP contribution in [0.15, 0.2) is 12.3 Å². The van der Waals surface area contributed by atoms with E-state index in [-0.39, 0.29) is 11.0 Å². The van der Waals surface area contributed by atoms with Gasteiger partial charge in [-0.05, 0) is 20.3 Å². The van der Waals surface area contributed by atoms with Crippen LogP contribution in [0, 0.1) is 5.41 Å². The second-order valence-corrected chi connectivity index (χ2v) is 4.55. The molecule has 0 amide bonds. The first-order chi connectivity index (χ1) is 4.33. The van der Waals surface area contributed by atoms with E-state index in [0.29, 0.717) is 0 Å². The Kier molecular flexibility index (Phi) is 1.36. The van der Waals surface area contributed by atoms with E-state index in [1.807, 2.05) is 0 Å². The topological polar surface area (TPSA) is 12.0 Å². The van der Waals surface area contributed by atoms with Crippen LogP contribution in [0.5, 0.6) is 0 Å². The molecular weight excluding hydrogens is 122 g/mol. The van der Waals surface area contributed by atoms with E-state index >= 15 is 0 Å². The minimum atomic E-state index is 0.251. The van der Waals surface area contributed by atoms with Gasteiger partial charge in [0.25, 0.3) is 0 Å². The van der Waals surface area contributed by atoms with E-state index in [0.717, 1.165) is 0 Å². The second-order valence-electron chi connectivity index (χ2n) is 4.55. The Morgan fingerprint density at radius 3 is 1.90 bits per heavy atom. The summed E-state index contributed by atoms with van der Waals surface area (Å²) in [4.78, 5) is 0. The standard InChI is InChI=1S/C9H17N/c1-7-8(2,3)6-9(4,5)10-7/h10H,1,6H2,2-5H3. The summed E-state index contributed by atoms with van der Waals surface area (Å²) in [6.45, 7) is 12.9. The van der Waals surface area contributed by atoms with Gasteiger partial charge in [0.15, 0.2) is 0 Å². The molecule has 0 spiro atoms. The summed E-state index contributed by atoms with van der Waals surface area (Å²) in [7, 11) is 0. The Labute approximate surface area is 63.5 Å².